The molecule has 1 aliphatic rings. The molecule has 196 valence electrons. The van der Waals surface area contributed by atoms with Crippen LogP contribution in [0.25, 0.3) is 5.57 Å². The minimum absolute atomic E-state index is 0.117. The Morgan fingerprint density at radius 3 is 2.18 bits per heavy atom. The van der Waals surface area contributed by atoms with E-state index in [1.165, 1.54) is 0 Å². The van der Waals surface area contributed by atoms with Crippen LogP contribution in [-0.4, -0.2) is 16.2 Å². The van der Waals surface area contributed by atoms with E-state index in [0.717, 1.165) is 33.8 Å². The number of carboxylic acids is 1. The van der Waals surface area contributed by atoms with Crippen LogP contribution in [0, 0.1) is 20.8 Å². The molecule has 4 aromatic rings. The zero-order chi connectivity index (χ0) is 27.5. The number of aliphatic hydroxyl groups is 1. The average Bonchev–Trinajstić information content (AvgIpc) is 2.92. The zero-order valence-electron chi connectivity index (χ0n) is 22.1. The van der Waals surface area contributed by atoms with Gasteiger partial charge in [-0.15, -0.1) is 0 Å². The molecule has 0 saturated carbocycles. The van der Waals surface area contributed by atoms with Crippen LogP contribution in [0.2, 0.25) is 0 Å². The van der Waals surface area contributed by atoms with E-state index in [-0.39, 0.29) is 17.8 Å². The maximum Gasteiger partial charge on any atom is 0.332 e. The molecule has 0 saturated heterocycles. The molecule has 5 nitrogen and oxygen atoms in total. The lowest BCUT2D eigenvalue weighted by molar-refractivity contribution is -0.132. The molecule has 0 radical (unpaired) electrons. The topological polar surface area (TPSA) is 76.0 Å². The first-order valence-electron chi connectivity index (χ1n) is 12.8. The minimum atomic E-state index is -1.04. The number of ether oxygens (including phenoxy) is 2. The molecule has 5 rings (SSSR count). The van der Waals surface area contributed by atoms with Crippen LogP contribution in [0.3, 0.4) is 0 Å². The Morgan fingerprint density at radius 2 is 1.41 bits per heavy atom. The summed E-state index contributed by atoms with van der Waals surface area (Å²) in [6, 6.07) is 28.3. The normalized spacial score (nSPS) is 15.1. The third-order valence-electron chi connectivity index (χ3n) is 7.10. The summed E-state index contributed by atoms with van der Waals surface area (Å²) >= 11 is 0. The van der Waals surface area contributed by atoms with Crippen molar-refractivity contribution in [3.63, 3.8) is 0 Å². The Bertz CT molecular complexity index is 1610. The molecule has 0 heterocycles. The number of carbonyl (C=O) groups is 1. The van der Waals surface area contributed by atoms with Crippen LogP contribution in [-0.2, 0) is 4.79 Å². The Morgan fingerprint density at radius 1 is 0.769 bits per heavy atom. The number of hydrogen-bond donors (Lipinski definition) is 2. The molecule has 2 N–H and O–H groups in total. The van der Waals surface area contributed by atoms with Gasteiger partial charge in [-0.05, 0) is 96.6 Å². The van der Waals surface area contributed by atoms with Gasteiger partial charge < -0.3 is 19.7 Å². The van der Waals surface area contributed by atoms with Gasteiger partial charge >= 0.3 is 5.97 Å². The Labute approximate surface area is 228 Å². The van der Waals surface area contributed by atoms with Crippen molar-refractivity contribution >= 4 is 11.5 Å². The molecular weight excluding hydrogens is 488 g/mol. The second-order valence-electron chi connectivity index (χ2n) is 9.79. The van der Waals surface area contributed by atoms with E-state index in [1.807, 2.05) is 106 Å². The molecule has 0 spiro atoms. The van der Waals surface area contributed by atoms with Crippen LogP contribution in [0.5, 0.6) is 23.0 Å². The highest BCUT2D eigenvalue weighted by molar-refractivity contribution is 6.01. The lowest BCUT2D eigenvalue weighted by Crippen LogP contribution is -2.17. The average molecular weight is 519 g/mol. The Kier molecular flexibility index (Phi) is 7.24. The van der Waals surface area contributed by atoms with E-state index < -0.39 is 11.9 Å². The van der Waals surface area contributed by atoms with Crippen molar-refractivity contribution < 1.29 is 24.5 Å². The molecule has 1 aliphatic carbocycles. The number of hydrogen-bond acceptors (Lipinski definition) is 4. The lowest BCUT2D eigenvalue weighted by Gasteiger charge is -2.25. The first kappa shape index (κ1) is 25.9. The molecule has 5 heteroatoms. The molecule has 4 aromatic carbocycles. The van der Waals surface area contributed by atoms with Gasteiger partial charge in [0.2, 0.25) is 0 Å². The number of benzene rings is 4. The van der Waals surface area contributed by atoms with E-state index in [9.17, 15) is 15.0 Å². The zero-order valence-corrected chi connectivity index (χ0v) is 22.1. The van der Waals surface area contributed by atoms with Crippen LogP contribution in [0.1, 0.15) is 40.2 Å². The molecule has 0 bridgehead atoms. The molecule has 1 atom stereocenters. The Hall–Kier alpha value is -4.77. The molecule has 1 unspecified atom stereocenters. The minimum Gasteiger partial charge on any atom is -0.512 e. The molecule has 0 aliphatic heterocycles. The summed E-state index contributed by atoms with van der Waals surface area (Å²) in [4.78, 5) is 12.7. The van der Waals surface area contributed by atoms with Gasteiger partial charge in [0.25, 0.3) is 0 Å². The van der Waals surface area contributed by atoms with Gasteiger partial charge in [0.15, 0.2) is 0 Å². The molecular formula is C34H30O5. The van der Waals surface area contributed by atoms with Crippen LogP contribution < -0.4 is 9.47 Å². The van der Waals surface area contributed by atoms with E-state index >= 15 is 0 Å². The summed E-state index contributed by atoms with van der Waals surface area (Å²) in [5.41, 5.74) is 5.23. The molecule has 0 amide bonds. The van der Waals surface area contributed by atoms with Crippen molar-refractivity contribution in [2.24, 2.45) is 0 Å². The highest BCUT2D eigenvalue weighted by Crippen LogP contribution is 2.42. The third kappa shape index (κ3) is 5.58. The van der Waals surface area contributed by atoms with Gasteiger partial charge in [-0.2, -0.15) is 0 Å². The van der Waals surface area contributed by atoms with Gasteiger partial charge in [0, 0.05) is 12.3 Å². The summed E-state index contributed by atoms with van der Waals surface area (Å²) in [5, 5.41) is 21.1. The van der Waals surface area contributed by atoms with Gasteiger partial charge in [0.05, 0.1) is 11.3 Å². The van der Waals surface area contributed by atoms with E-state index in [0.29, 0.717) is 22.6 Å². The fourth-order valence-corrected chi connectivity index (χ4v) is 4.87. The van der Waals surface area contributed by atoms with Crippen molar-refractivity contribution in [2.75, 3.05) is 0 Å². The third-order valence-corrected chi connectivity index (χ3v) is 7.10. The number of aliphatic carboxylic acids is 1. The first-order valence-corrected chi connectivity index (χ1v) is 12.8. The van der Waals surface area contributed by atoms with Crippen LogP contribution >= 0.6 is 0 Å². The van der Waals surface area contributed by atoms with E-state index in [4.69, 9.17) is 9.47 Å². The SMILES string of the molecule is Cc1ccccc1Oc1cccc(C2=C(C(=O)O)C(c3cccc(Oc4cccc(C)c4C)c3)CC(O)=C2)c1. The fraction of sp³-hybridized carbons (Fsp3) is 0.147. The number of aliphatic hydroxyl groups excluding tert-OH is 1. The van der Waals surface area contributed by atoms with Crippen molar-refractivity contribution in [3.8, 4) is 23.0 Å². The van der Waals surface area contributed by atoms with Gasteiger partial charge in [-0.1, -0.05) is 54.6 Å². The summed E-state index contributed by atoms with van der Waals surface area (Å²) in [5.74, 6) is 1.18. The Balaban J connectivity index is 1.52. The first-order chi connectivity index (χ1) is 18.8. The number of allylic oxidation sites excluding steroid dienone is 3. The largest absolute Gasteiger partial charge is 0.512 e. The van der Waals surface area contributed by atoms with Crippen molar-refractivity contribution in [2.45, 2.75) is 33.1 Å². The van der Waals surface area contributed by atoms with Crippen molar-refractivity contribution in [1.29, 1.82) is 0 Å². The molecule has 39 heavy (non-hydrogen) atoms. The number of carboxylic acid groups (broad SMARTS) is 1. The predicted molar refractivity (Wildman–Crippen MR) is 153 cm³/mol. The van der Waals surface area contributed by atoms with Crippen LogP contribution in [0.15, 0.2) is 108 Å². The monoisotopic (exact) mass is 518 g/mol. The quantitative estimate of drug-likeness (QED) is 0.256. The lowest BCUT2D eigenvalue weighted by atomic mass is 9.79. The summed E-state index contributed by atoms with van der Waals surface area (Å²) < 4.78 is 12.3. The van der Waals surface area contributed by atoms with Gasteiger partial charge in [0.1, 0.15) is 23.0 Å². The van der Waals surface area contributed by atoms with Crippen molar-refractivity contribution in [1.82, 2.24) is 0 Å². The maximum absolute atomic E-state index is 12.7. The standard InChI is InChI=1S/C34H30O5/c1-21-10-6-16-32(23(21)3)39-28-14-8-12-25(18-28)30-20-26(35)19-29(33(30)34(36)37)24-11-7-13-27(17-24)38-31-15-5-4-9-22(31)2/h4-19,30,35H,20H2,1-3H3,(H,36,37). The second kappa shape index (κ2) is 10.9. The van der Waals surface area contributed by atoms with Crippen molar-refractivity contribution in [3.05, 3.63) is 136 Å². The number of rotatable bonds is 7. The molecule has 0 aromatic heterocycles. The smallest absolute Gasteiger partial charge is 0.332 e. The van der Waals surface area contributed by atoms with Gasteiger partial charge in [-0.25, -0.2) is 4.79 Å². The number of aryl methyl sites for hydroxylation is 2. The molecule has 0 fully saturated rings. The van der Waals surface area contributed by atoms with Crippen LogP contribution in [0.4, 0.5) is 0 Å². The van der Waals surface area contributed by atoms with E-state index in [1.54, 1.807) is 12.1 Å². The van der Waals surface area contributed by atoms with E-state index in [2.05, 4.69) is 0 Å². The second-order valence-corrected chi connectivity index (χ2v) is 9.79. The fourth-order valence-electron chi connectivity index (χ4n) is 4.87. The number of para-hydroxylation sites is 1. The predicted octanol–water partition coefficient (Wildman–Crippen LogP) is 8.66. The van der Waals surface area contributed by atoms with Gasteiger partial charge in [-0.3, -0.25) is 0 Å². The highest BCUT2D eigenvalue weighted by Gasteiger charge is 2.31. The summed E-state index contributed by atoms with van der Waals surface area (Å²) in [7, 11) is 0. The maximum atomic E-state index is 12.7. The summed E-state index contributed by atoms with van der Waals surface area (Å²) in [6.07, 6.45) is 1.72. The summed E-state index contributed by atoms with van der Waals surface area (Å²) in [6.45, 7) is 6.00. The highest BCUT2D eigenvalue weighted by atomic mass is 16.5.